The van der Waals surface area contributed by atoms with Crippen LogP contribution in [0.4, 0.5) is 4.39 Å². The summed E-state index contributed by atoms with van der Waals surface area (Å²) in [6.45, 7) is 2.55. The van der Waals surface area contributed by atoms with E-state index < -0.39 is 0 Å². The van der Waals surface area contributed by atoms with Crippen LogP contribution >= 0.6 is 0 Å². The van der Waals surface area contributed by atoms with Crippen LogP contribution in [0.1, 0.15) is 11.1 Å². The Bertz CT molecular complexity index is 312. The summed E-state index contributed by atoms with van der Waals surface area (Å²) >= 11 is 0. The standard InChI is InChI=1S/C11H16FNO/c1-8-6-11(14-3)9(4-5-13-2)7-10(8)12/h6-7,13H,4-5H2,1-3H3. The SMILES string of the molecule is CNCCc1cc(F)c(C)cc1OC. The minimum atomic E-state index is -0.170. The van der Waals surface area contributed by atoms with Crippen molar-refractivity contribution in [2.45, 2.75) is 13.3 Å². The van der Waals surface area contributed by atoms with E-state index in [9.17, 15) is 4.39 Å². The summed E-state index contributed by atoms with van der Waals surface area (Å²) in [6, 6.07) is 3.28. The second-order valence-electron chi connectivity index (χ2n) is 3.27. The zero-order valence-electron chi connectivity index (χ0n) is 8.86. The summed E-state index contributed by atoms with van der Waals surface area (Å²) in [5.41, 5.74) is 1.53. The second-order valence-corrected chi connectivity index (χ2v) is 3.27. The number of hydrogen-bond acceptors (Lipinski definition) is 2. The average molecular weight is 197 g/mol. The molecule has 14 heavy (non-hydrogen) atoms. The number of nitrogens with one attached hydrogen (secondary N) is 1. The minimum Gasteiger partial charge on any atom is -0.496 e. The Balaban J connectivity index is 2.95. The van der Waals surface area contributed by atoms with Crippen molar-refractivity contribution in [3.05, 3.63) is 29.1 Å². The summed E-state index contributed by atoms with van der Waals surface area (Å²) in [7, 11) is 3.48. The van der Waals surface area contributed by atoms with Crippen molar-refractivity contribution in [1.82, 2.24) is 5.32 Å². The Hall–Kier alpha value is -1.09. The van der Waals surface area contributed by atoms with E-state index in [2.05, 4.69) is 5.32 Å². The molecular weight excluding hydrogens is 181 g/mol. The average Bonchev–Trinajstić information content (AvgIpc) is 2.19. The van der Waals surface area contributed by atoms with Crippen molar-refractivity contribution in [3.63, 3.8) is 0 Å². The van der Waals surface area contributed by atoms with Gasteiger partial charge in [0.25, 0.3) is 0 Å². The van der Waals surface area contributed by atoms with Crippen LogP contribution < -0.4 is 10.1 Å². The lowest BCUT2D eigenvalue weighted by Gasteiger charge is -2.09. The first-order chi connectivity index (χ1) is 6.69. The molecule has 0 unspecified atom stereocenters. The zero-order chi connectivity index (χ0) is 10.6. The maximum atomic E-state index is 13.2. The summed E-state index contributed by atoms with van der Waals surface area (Å²) < 4.78 is 18.4. The number of rotatable bonds is 4. The third kappa shape index (κ3) is 2.45. The van der Waals surface area contributed by atoms with Gasteiger partial charge in [-0.3, -0.25) is 0 Å². The highest BCUT2D eigenvalue weighted by Gasteiger charge is 2.06. The molecule has 0 aliphatic rings. The summed E-state index contributed by atoms with van der Waals surface area (Å²) in [4.78, 5) is 0. The summed E-state index contributed by atoms with van der Waals surface area (Å²) in [5.74, 6) is 0.594. The predicted octanol–water partition coefficient (Wildman–Crippen LogP) is 1.90. The first-order valence-corrected chi connectivity index (χ1v) is 4.66. The van der Waals surface area contributed by atoms with Crippen molar-refractivity contribution in [2.75, 3.05) is 20.7 Å². The summed E-state index contributed by atoms with van der Waals surface area (Å²) in [5, 5.41) is 3.02. The lowest BCUT2D eigenvalue weighted by Crippen LogP contribution is -2.11. The van der Waals surface area contributed by atoms with Gasteiger partial charge in [-0.25, -0.2) is 4.39 Å². The topological polar surface area (TPSA) is 21.3 Å². The van der Waals surface area contributed by atoms with Gasteiger partial charge in [-0.05, 0) is 50.2 Å². The van der Waals surface area contributed by atoms with E-state index in [1.807, 2.05) is 7.05 Å². The number of likely N-dealkylation sites (N-methyl/N-ethyl adjacent to an activating group) is 1. The van der Waals surface area contributed by atoms with Gasteiger partial charge in [-0.2, -0.15) is 0 Å². The number of hydrogen-bond donors (Lipinski definition) is 1. The van der Waals surface area contributed by atoms with Crippen molar-refractivity contribution >= 4 is 0 Å². The molecule has 1 aromatic carbocycles. The molecule has 0 aliphatic carbocycles. The number of halogens is 1. The fourth-order valence-electron chi connectivity index (χ4n) is 1.34. The maximum Gasteiger partial charge on any atom is 0.126 e. The fourth-order valence-corrected chi connectivity index (χ4v) is 1.34. The Kier molecular flexibility index (Phi) is 3.89. The molecule has 0 aromatic heterocycles. The predicted molar refractivity (Wildman–Crippen MR) is 55.3 cm³/mol. The molecule has 0 spiro atoms. The largest absolute Gasteiger partial charge is 0.496 e. The van der Waals surface area contributed by atoms with E-state index in [0.717, 1.165) is 24.3 Å². The van der Waals surface area contributed by atoms with Crippen molar-refractivity contribution in [1.29, 1.82) is 0 Å². The first kappa shape index (κ1) is 11.0. The Labute approximate surface area is 84.1 Å². The Morgan fingerprint density at radius 2 is 2.14 bits per heavy atom. The van der Waals surface area contributed by atoms with Gasteiger partial charge < -0.3 is 10.1 Å². The molecule has 1 aromatic rings. The van der Waals surface area contributed by atoms with Crippen LogP contribution in [-0.2, 0) is 6.42 Å². The lowest BCUT2D eigenvalue weighted by molar-refractivity contribution is 0.407. The molecule has 1 N–H and O–H groups in total. The highest BCUT2D eigenvalue weighted by molar-refractivity contribution is 5.38. The van der Waals surface area contributed by atoms with Crippen LogP contribution in [-0.4, -0.2) is 20.7 Å². The van der Waals surface area contributed by atoms with E-state index in [0.29, 0.717) is 5.56 Å². The van der Waals surface area contributed by atoms with Crippen molar-refractivity contribution in [2.24, 2.45) is 0 Å². The summed E-state index contributed by atoms with van der Waals surface area (Å²) in [6.07, 6.45) is 0.775. The molecule has 0 radical (unpaired) electrons. The highest BCUT2D eigenvalue weighted by atomic mass is 19.1. The molecule has 0 fully saturated rings. The molecule has 0 bridgehead atoms. The van der Waals surface area contributed by atoms with Gasteiger partial charge >= 0.3 is 0 Å². The van der Waals surface area contributed by atoms with E-state index in [1.165, 1.54) is 0 Å². The van der Waals surface area contributed by atoms with Crippen molar-refractivity contribution < 1.29 is 9.13 Å². The molecule has 0 saturated heterocycles. The van der Waals surface area contributed by atoms with Gasteiger partial charge in [0.05, 0.1) is 7.11 Å². The minimum absolute atomic E-state index is 0.170. The quantitative estimate of drug-likeness (QED) is 0.796. The third-order valence-electron chi connectivity index (χ3n) is 2.21. The van der Waals surface area contributed by atoms with Crippen LogP contribution in [0.15, 0.2) is 12.1 Å². The number of benzene rings is 1. The molecule has 3 heteroatoms. The van der Waals surface area contributed by atoms with Crippen LogP contribution in [0.25, 0.3) is 0 Å². The number of aryl methyl sites for hydroxylation is 1. The zero-order valence-corrected chi connectivity index (χ0v) is 8.86. The van der Waals surface area contributed by atoms with Gasteiger partial charge in [0.15, 0.2) is 0 Å². The first-order valence-electron chi connectivity index (χ1n) is 4.66. The molecule has 0 atom stereocenters. The van der Waals surface area contributed by atoms with Gasteiger partial charge in [0.1, 0.15) is 11.6 Å². The lowest BCUT2D eigenvalue weighted by atomic mass is 10.1. The van der Waals surface area contributed by atoms with Gasteiger partial charge in [-0.1, -0.05) is 0 Å². The van der Waals surface area contributed by atoms with Crippen LogP contribution in [0.5, 0.6) is 5.75 Å². The molecule has 0 aliphatic heterocycles. The van der Waals surface area contributed by atoms with E-state index >= 15 is 0 Å². The molecule has 78 valence electrons. The second kappa shape index (κ2) is 4.96. The van der Waals surface area contributed by atoms with E-state index in [4.69, 9.17) is 4.74 Å². The Morgan fingerprint density at radius 1 is 1.43 bits per heavy atom. The van der Waals surface area contributed by atoms with Crippen LogP contribution in [0.3, 0.4) is 0 Å². The molecular formula is C11H16FNO. The molecule has 1 rings (SSSR count). The normalized spacial score (nSPS) is 10.3. The van der Waals surface area contributed by atoms with Gasteiger partial charge in [-0.15, -0.1) is 0 Å². The monoisotopic (exact) mass is 197 g/mol. The number of methoxy groups -OCH3 is 1. The van der Waals surface area contributed by atoms with Crippen LogP contribution in [0, 0.1) is 12.7 Å². The molecule has 2 nitrogen and oxygen atoms in total. The smallest absolute Gasteiger partial charge is 0.126 e. The molecule has 0 amide bonds. The Morgan fingerprint density at radius 3 is 2.71 bits per heavy atom. The molecule has 0 heterocycles. The fraction of sp³-hybridized carbons (Fsp3) is 0.455. The number of ether oxygens (including phenoxy) is 1. The van der Waals surface area contributed by atoms with Gasteiger partial charge in [0.2, 0.25) is 0 Å². The maximum absolute atomic E-state index is 13.2. The van der Waals surface area contributed by atoms with Crippen LogP contribution in [0.2, 0.25) is 0 Å². The van der Waals surface area contributed by atoms with E-state index in [-0.39, 0.29) is 5.82 Å². The van der Waals surface area contributed by atoms with Crippen molar-refractivity contribution in [3.8, 4) is 5.75 Å². The highest BCUT2D eigenvalue weighted by Crippen LogP contribution is 2.22. The third-order valence-corrected chi connectivity index (χ3v) is 2.21. The molecule has 0 saturated carbocycles. The van der Waals surface area contributed by atoms with Gasteiger partial charge in [0, 0.05) is 0 Å². The van der Waals surface area contributed by atoms with E-state index in [1.54, 1.807) is 26.2 Å².